The lowest BCUT2D eigenvalue weighted by atomic mass is 10.3. The number of aryl methyl sites for hydroxylation is 1. The zero-order chi connectivity index (χ0) is 12.1. The van der Waals surface area contributed by atoms with Gasteiger partial charge in [-0.15, -0.1) is 11.3 Å². The molecule has 88 valence electrons. The van der Waals surface area contributed by atoms with Crippen LogP contribution >= 0.6 is 11.3 Å². The fourth-order valence-corrected chi connectivity index (χ4v) is 2.17. The summed E-state index contributed by atoms with van der Waals surface area (Å²) in [5.74, 6) is -0.963. The Balaban J connectivity index is 2.66. The van der Waals surface area contributed by atoms with Crippen LogP contribution in [0.4, 0.5) is 0 Å². The molecule has 0 saturated heterocycles. The summed E-state index contributed by atoms with van der Waals surface area (Å²) >= 11 is 1.44. The van der Waals surface area contributed by atoms with Gasteiger partial charge in [0, 0.05) is 18.0 Å². The molecule has 0 aliphatic heterocycles. The van der Waals surface area contributed by atoms with Gasteiger partial charge in [0.25, 0.3) is 5.91 Å². The highest BCUT2D eigenvalue weighted by Crippen LogP contribution is 2.17. The SMILES string of the molecule is CCN(CCC(=O)O)C(=O)c1ccc(C)s1. The van der Waals surface area contributed by atoms with Gasteiger partial charge >= 0.3 is 5.97 Å². The lowest BCUT2D eigenvalue weighted by molar-refractivity contribution is -0.137. The van der Waals surface area contributed by atoms with Crippen LogP contribution in [0.25, 0.3) is 0 Å². The van der Waals surface area contributed by atoms with Crippen LogP contribution in [0.5, 0.6) is 0 Å². The number of rotatable bonds is 5. The van der Waals surface area contributed by atoms with Gasteiger partial charge in [0.2, 0.25) is 0 Å². The second-order valence-corrected chi connectivity index (χ2v) is 4.73. The Bertz CT molecular complexity index is 386. The highest BCUT2D eigenvalue weighted by molar-refractivity contribution is 7.13. The number of thiophene rings is 1. The molecule has 1 amide bonds. The first-order valence-corrected chi connectivity index (χ1v) is 5.93. The van der Waals surface area contributed by atoms with Crippen LogP contribution in [-0.2, 0) is 4.79 Å². The Morgan fingerprint density at radius 2 is 2.12 bits per heavy atom. The normalized spacial score (nSPS) is 10.1. The summed E-state index contributed by atoms with van der Waals surface area (Å²) in [7, 11) is 0. The molecular formula is C11H15NO3S. The Kier molecular flexibility index (Phi) is 4.49. The zero-order valence-electron chi connectivity index (χ0n) is 9.40. The number of carboxylic acids is 1. The molecule has 1 aromatic heterocycles. The number of carboxylic acid groups (broad SMARTS) is 1. The second kappa shape index (κ2) is 5.65. The van der Waals surface area contributed by atoms with Crippen LogP contribution in [0.3, 0.4) is 0 Å². The van der Waals surface area contributed by atoms with E-state index < -0.39 is 5.97 Å². The molecule has 0 spiro atoms. The molecule has 0 saturated carbocycles. The summed E-state index contributed by atoms with van der Waals surface area (Å²) < 4.78 is 0. The quantitative estimate of drug-likeness (QED) is 0.857. The van der Waals surface area contributed by atoms with E-state index in [1.54, 1.807) is 11.0 Å². The summed E-state index contributed by atoms with van der Waals surface area (Å²) in [6.45, 7) is 4.58. The predicted octanol–water partition coefficient (Wildman–Crippen LogP) is 1.99. The van der Waals surface area contributed by atoms with E-state index in [1.165, 1.54) is 11.3 Å². The standard InChI is InChI=1S/C11H15NO3S/c1-3-12(7-6-10(13)14)11(15)9-5-4-8(2)16-9/h4-5H,3,6-7H2,1-2H3,(H,13,14). The molecule has 0 unspecified atom stereocenters. The lowest BCUT2D eigenvalue weighted by Crippen LogP contribution is -2.32. The molecule has 5 heteroatoms. The third-order valence-corrected chi connectivity index (χ3v) is 3.20. The lowest BCUT2D eigenvalue weighted by Gasteiger charge is -2.18. The van der Waals surface area contributed by atoms with Crippen molar-refractivity contribution >= 4 is 23.2 Å². The van der Waals surface area contributed by atoms with Crippen LogP contribution in [0.1, 0.15) is 27.9 Å². The summed E-state index contributed by atoms with van der Waals surface area (Å²) in [5, 5.41) is 8.58. The van der Waals surface area contributed by atoms with Crippen molar-refractivity contribution in [3.8, 4) is 0 Å². The van der Waals surface area contributed by atoms with Crippen molar-refractivity contribution in [1.82, 2.24) is 4.90 Å². The van der Waals surface area contributed by atoms with E-state index in [2.05, 4.69) is 0 Å². The molecule has 0 aromatic carbocycles. The molecule has 0 atom stereocenters. The van der Waals surface area contributed by atoms with Crippen molar-refractivity contribution in [2.45, 2.75) is 20.3 Å². The van der Waals surface area contributed by atoms with E-state index in [9.17, 15) is 9.59 Å². The van der Waals surface area contributed by atoms with Gasteiger partial charge in [0.1, 0.15) is 0 Å². The van der Waals surface area contributed by atoms with E-state index in [0.29, 0.717) is 11.4 Å². The third-order valence-electron chi connectivity index (χ3n) is 2.22. The summed E-state index contributed by atoms with van der Waals surface area (Å²) in [4.78, 5) is 25.7. The first kappa shape index (κ1) is 12.7. The molecule has 1 N–H and O–H groups in total. The van der Waals surface area contributed by atoms with Crippen LogP contribution < -0.4 is 0 Å². The van der Waals surface area contributed by atoms with E-state index in [-0.39, 0.29) is 18.9 Å². The number of nitrogens with zero attached hydrogens (tertiary/aromatic N) is 1. The van der Waals surface area contributed by atoms with E-state index in [1.807, 2.05) is 19.9 Å². The molecule has 0 fully saturated rings. The van der Waals surface area contributed by atoms with Gasteiger partial charge in [0.15, 0.2) is 0 Å². The Morgan fingerprint density at radius 1 is 1.44 bits per heavy atom. The predicted molar refractivity (Wildman–Crippen MR) is 62.9 cm³/mol. The van der Waals surface area contributed by atoms with Gasteiger partial charge in [-0.25, -0.2) is 0 Å². The molecule has 4 nitrogen and oxygen atoms in total. The van der Waals surface area contributed by atoms with E-state index >= 15 is 0 Å². The molecule has 1 heterocycles. The summed E-state index contributed by atoms with van der Waals surface area (Å²) in [6, 6.07) is 3.68. The minimum atomic E-state index is -0.881. The molecule has 0 aliphatic rings. The number of hydrogen-bond donors (Lipinski definition) is 1. The average Bonchev–Trinajstić information content (AvgIpc) is 2.65. The molecule has 1 rings (SSSR count). The minimum absolute atomic E-state index is 0.00998. The minimum Gasteiger partial charge on any atom is -0.481 e. The van der Waals surface area contributed by atoms with Gasteiger partial charge in [-0.05, 0) is 26.0 Å². The smallest absolute Gasteiger partial charge is 0.305 e. The molecule has 16 heavy (non-hydrogen) atoms. The Hall–Kier alpha value is -1.36. The number of carbonyl (C=O) groups excluding carboxylic acids is 1. The van der Waals surface area contributed by atoms with Crippen molar-refractivity contribution in [3.63, 3.8) is 0 Å². The first-order chi connectivity index (χ1) is 7.54. The molecule has 0 radical (unpaired) electrons. The van der Waals surface area contributed by atoms with Gasteiger partial charge in [-0.3, -0.25) is 9.59 Å². The zero-order valence-corrected chi connectivity index (χ0v) is 10.2. The van der Waals surface area contributed by atoms with E-state index in [4.69, 9.17) is 5.11 Å². The number of carbonyl (C=O) groups is 2. The Labute approximate surface area is 98.5 Å². The summed E-state index contributed by atoms with van der Waals surface area (Å²) in [6.07, 6.45) is -0.00998. The van der Waals surface area contributed by atoms with Crippen molar-refractivity contribution in [2.24, 2.45) is 0 Å². The van der Waals surface area contributed by atoms with Gasteiger partial charge in [-0.2, -0.15) is 0 Å². The van der Waals surface area contributed by atoms with Crippen molar-refractivity contribution in [1.29, 1.82) is 0 Å². The van der Waals surface area contributed by atoms with Gasteiger partial charge in [0.05, 0.1) is 11.3 Å². The van der Waals surface area contributed by atoms with Gasteiger partial charge < -0.3 is 10.0 Å². The maximum Gasteiger partial charge on any atom is 0.305 e. The summed E-state index contributed by atoms with van der Waals surface area (Å²) in [5.41, 5.74) is 0. The van der Waals surface area contributed by atoms with Crippen LogP contribution in [0, 0.1) is 6.92 Å². The molecule has 0 bridgehead atoms. The number of amides is 1. The van der Waals surface area contributed by atoms with E-state index in [0.717, 1.165) is 4.88 Å². The molecule has 1 aromatic rings. The van der Waals surface area contributed by atoms with Gasteiger partial charge in [-0.1, -0.05) is 0 Å². The Morgan fingerprint density at radius 3 is 2.56 bits per heavy atom. The third kappa shape index (κ3) is 3.34. The second-order valence-electron chi connectivity index (χ2n) is 3.44. The highest BCUT2D eigenvalue weighted by atomic mass is 32.1. The fourth-order valence-electron chi connectivity index (χ4n) is 1.34. The van der Waals surface area contributed by atoms with Crippen molar-refractivity contribution in [2.75, 3.05) is 13.1 Å². The fraction of sp³-hybridized carbons (Fsp3) is 0.455. The monoisotopic (exact) mass is 241 g/mol. The van der Waals surface area contributed by atoms with Crippen LogP contribution in [0.15, 0.2) is 12.1 Å². The number of aliphatic carboxylic acids is 1. The highest BCUT2D eigenvalue weighted by Gasteiger charge is 2.16. The number of hydrogen-bond acceptors (Lipinski definition) is 3. The first-order valence-electron chi connectivity index (χ1n) is 5.12. The van der Waals surface area contributed by atoms with Crippen molar-refractivity contribution in [3.05, 3.63) is 21.9 Å². The average molecular weight is 241 g/mol. The van der Waals surface area contributed by atoms with Crippen LogP contribution in [0.2, 0.25) is 0 Å². The maximum absolute atomic E-state index is 11.9. The largest absolute Gasteiger partial charge is 0.481 e. The molecular weight excluding hydrogens is 226 g/mol. The topological polar surface area (TPSA) is 57.6 Å². The molecule has 0 aliphatic carbocycles. The maximum atomic E-state index is 11.9. The van der Waals surface area contributed by atoms with Crippen LogP contribution in [-0.4, -0.2) is 35.0 Å². The van der Waals surface area contributed by atoms with Crippen molar-refractivity contribution < 1.29 is 14.7 Å².